The van der Waals surface area contributed by atoms with Crippen LogP contribution in [0.1, 0.15) is 57.9 Å². The van der Waals surface area contributed by atoms with Crippen LogP contribution in [-0.4, -0.2) is 12.1 Å². The molecule has 0 radical (unpaired) electrons. The Labute approximate surface area is 118 Å². The Bertz CT molecular complexity index is 346. The lowest BCUT2D eigenvalue weighted by atomic mass is 9.95. The first-order chi connectivity index (χ1) is 9.25. The minimum absolute atomic E-state index is 0.630. The molecule has 2 rings (SSSR count). The maximum absolute atomic E-state index is 3.88. The van der Waals surface area contributed by atoms with Gasteiger partial charge in [0.05, 0.1) is 0 Å². The Morgan fingerprint density at radius 2 is 1.84 bits per heavy atom. The second-order valence-corrected chi connectivity index (χ2v) is 6.31. The van der Waals surface area contributed by atoms with E-state index >= 15 is 0 Å². The molecule has 1 nitrogen and oxygen atoms in total. The summed E-state index contributed by atoms with van der Waals surface area (Å²) in [6.45, 7) is 4.77. The van der Waals surface area contributed by atoms with Crippen molar-refractivity contribution in [3.8, 4) is 0 Å². The molecule has 1 aliphatic carbocycles. The van der Waals surface area contributed by atoms with Crippen LogP contribution in [-0.2, 0) is 6.42 Å². The highest BCUT2D eigenvalue weighted by Gasteiger charge is 2.20. The lowest BCUT2D eigenvalue weighted by Crippen LogP contribution is -2.40. The highest BCUT2D eigenvalue weighted by atomic mass is 14.9. The quantitative estimate of drug-likeness (QED) is 0.764. The fraction of sp³-hybridized carbons (Fsp3) is 0.667. The summed E-state index contributed by atoms with van der Waals surface area (Å²) in [7, 11) is 0. The Morgan fingerprint density at radius 1 is 1.11 bits per heavy atom. The summed E-state index contributed by atoms with van der Waals surface area (Å²) in [4.78, 5) is 0. The molecule has 0 aliphatic heterocycles. The first kappa shape index (κ1) is 14.6. The van der Waals surface area contributed by atoms with Gasteiger partial charge in [0.1, 0.15) is 0 Å². The number of hydrogen-bond acceptors (Lipinski definition) is 1. The van der Waals surface area contributed by atoms with E-state index in [1.54, 1.807) is 0 Å². The van der Waals surface area contributed by atoms with Crippen LogP contribution in [0.4, 0.5) is 0 Å². The van der Waals surface area contributed by atoms with Gasteiger partial charge in [0.2, 0.25) is 0 Å². The number of rotatable bonds is 5. The lowest BCUT2D eigenvalue weighted by Gasteiger charge is -2.27. The van der Waals surface area contributed by atoms with Crippen LogP contribution in [0.2, 0.25) is 0 Å². The number of nitrogens with one attached hydrogen (secondary N) is 1. The van der Waals surface area contributed by atoms with Crippen molar-refractivity contribution in [2.75, 3.05) is 0 Å². The van der Waals surface area contributed by atoms with Crippen LogP contribution in [0.3, 0.4) is 0 Å². The fourth-order valence-electron chi connectivity index (χ4n) is 3.22. The molecule has 19 heavy (non-hydrogen) atoms. The van der Waals surface area contributed by atoms with Crippen LogP contribution in [0.5, 0.6) is 0 Å². The van der Waals surface area contributed by atoms with Gasteiger partial charge < -0.3 is 5.32 Å². The van der Waals surface area contributed by atoms with Crippen molar-refractivity contribution < 1.29 is 0 Å². The summed E-state index contributed by atoms with van der Waals surface area (Å²) in [6, 6.07) is 12.2. The van der Waals surface area contributed by atoms with Crippen molar-refractivity contribution in [1.82, 2.24) is 5.32 Å². The largest absolute Gasteiger partial charge is 0.311 e. The van der Waals surface area contributed by atoms with E-state index in [1.807, 2.05) is 0 Å². The molecule has 0 amide bonds. The molecular weight excluding hydrogens is 230 g/mol. The van der Waals surface area contributed by atoms with E-state index in [1.165, 1.54) is 50.5 Å². The molecule has 0 bridgehead atoms. The highest BCUT2D eigenvalue weighted by molar-refractivity contribution is 5.14. The smallest absolute Gasteiger partial charge is 0.00951 e. The molecule has 3 unspecified atom stereocenters. The van der Waals surface area contributed by atoms with Gasteiger partial charge in [0.25, 0.3) is 0 Å². The molecule has 1 aliphatic rings. The molecule has 0 heterocycles. The van der Waals surface area contributed by atoms with Crippen LogP contribution >= 0.6 is 0 Å². The van der Waals surface area contributed by atoms with Gasteiger partial charge in [0.15, 0.2) is 0 Å². The fourth-order valence-corrected chi connectivity index (χ4v) is 3.22. The summed E-state index contributed by atoms with van der Waals surface area (Å²) in [5.74, 6) is 0.849. The van der Waals surface area contributed by atoms with E-state index in [0.717, 1.165) is 12.0 Å². The summed E-state index contributed by atoms with van der Waals surface area (Å²) in [5.41, 5.74) is 1.46. The lowest BCUT2D eigenvalue weighted by molar-refractivity contribution is 0.320. The van der Waals surface area contributed by atoms with Gasteiger partial charge in [-0.1, -0.05) is 56.5 Å². The third-order valence-electron chi connectivity index (χ3n) is 4.57. The predicted molar refractivity (Wildman–Crippen MR) is 83.4 cm³/mol. The highest BCUT2D eigenvalue weighted by Crippen LogP contribution is 2.23. The second kappa shape index (κ2) is 7.69. The van der Waals surface area contributed by atoms with Gasteiger partial charge >= 0.3 is 0 Å². The summed E-state index contributed by atoms with van der Waals surface area (Å²) in [6.07, 6.45) is 9.48. The molecule has 0 spiro atoms. The molecule has 0 aromatic heterocycles. The maximum atomic E-state index is 3.88. The van der Waals surface area contributed by atoms with Crippen molar-refractivity contribution in [2.24, 2.45) is 5.92 Å². The van der Waals surface area contributed by atoms with E-state index in [4.69, 9.17) is 0 Å². The third-order valence-corrected chi connectivity index (χ3v) is 4.57. The molecule has 0 saturated heterocycles. The van der Waals surface area contributed by atoms with E-state index in [-0.39, 0.29) is 0 Å². The summed E-state index contributed by atoms with van der Waals surface area (Å²) < 4.78 is 0. The average molecular weight is 259 g/mol. The van der Waals surface area contributed by atoms with E-state index < -0.39 is 0 Å². The Hall–Kier alpha value is -0.820. The van der Waals surface area contributed by atoms with Crippen LogP contribution in [0, 0.1) is 5.92 Å². The zero-order chi connectivity index (χ0) is 13.5. The second-order valence-electron chi connectivity index (χ2n) is 6.31. The van der Waals surface area contributed by atoms with Gasteiger partial charge in [-0.3, -0.25) is 0 Å². The maximum Gasteiger partial charge on any atom is 0.00951 e. The minimum Gasteiger partial charge on any atom is -0.311 e. The molecule has 106 valence electrons. The van der Waals surface area contributed by atoms with E-state index in [2.05, 4.69) is 49.5 Å². The molecule has 1 heteroatoms. The van der Waals surface area contributed by atoms with E-state index in [9.17, 15) is 0 Å². The zero-order valence-electron chi connectivity index (χ0n) is 12.6. The summed E-state index contributed by atoms with van der Waals surface area (Å²) >= 11 is 0. The molecule has 3 atom stereocenters. The third kappa shape index (κ3) is 4.99. The SMILES string of the molecule is CC(CCc1ccccc1)NC1CCCCCC1C. The standard InChI is InChI=1S/C18H29N/c1-15-9-5-3-8-12-18(15)19-16(2)13-14-17-10-6-4-7-11-17/h4,6-7,10-11,15-16,18-19H,3,5,8-9,12-14H2,1-2H3. The first-order valence-electron chi connectivity index (χ1n) is 8.05. The van der Waals surface area contributed by atoms with Crippen molar-refractivity contribution >= 4 is 0 Å². The Kier molecular flexibility index (Phi) is 5.91. The minimum atomic E-state index is 0.630. The zero-order valence-corrected chi connectivity index (χ0v) is 12.6. The van der Waals surface area contributed by atoms with Gasteiger partial charge in [0, 0.05) is 12.1 Å². The van der Waals surface area contributed by atoms with Crippen molar-refractivity contribution in [2.45, 2.75) is 70.9 Å². The van der Waals surface area contributed by atoms with Crippen LogP contribution < -0.4 is 5.32 Å². The van der Waals surface area contributed by atoms with Crippen molar-refractivity contribution in [3.63, 3.8) is 0 Å². The van der Waals surface area contributed by atoms with Gasteiger partial charge in [-0.25, -0.2) is 0 Å². The summed E-state index contributed by atoms with van der Waals surface area (Å²) in [5, 5.41) is 3.88. The van der Waals surface area contributed by atoms with Gasteiger partial charge in [-0.2, -0.15) is 0 Å². The molecule has 1 saturated carbocycles. The number of aryl methyl sites for hydroxylation is 1. The number of benzene rings is 1. The predicted octanol–water partition coefficient (Wildman–Crippen LogP) is 4.57. The molecule has 1 aromatic rings. The Balaban J connectivity index is 1.75. The van der Waals surface area contributed by atoms with E-state index in [0.29, 0.717) is 6.04 Å². The topological polar surface area (TPSA) is 12.0 Å². The molecule has 1 fully saturated rings. The van der Waals surface area contributed by atoms with Crippen molar-refractivity contribution in [3.05, 3.63) is 35.9 Å². The molecule has 1 aromatic carbocycles. The molecular formula is C18H29N. The monoisotopic (exact) mass is 259 g/mol. The normalized spacial score (nSPS) is 25.8. The van der Waals surface area contributed by atoms with Crippen LogP contribution in [0.25, 0.3) is 0 Å². The number of hydrogen-bond donors (Lipinski definition) is 1. The van der Waals surface area contributed by atoms with Gasteiger partial charge in [-0.15, -0.1) is 0 Å². The molecule has 1 N–H and O–H groups in total. The van der Waals surface area contributed by atoms with Gasteiger partial charge in [-0.05, 0) is 44.1 Å². The van der Waals surface area contributed by atoms with Crippen molar-refractivity contribution in [1.29, 1.82) is 0 Å². The first-order valence-corrected chi connectivity index (χ1v) is 8.05. The van der Waals surface area contributed by atoms with Crippen LogP contribution in [0.15, 0.2) is 30.3 Å². The average Bonchev–Trinajstić information content (AvgIpc) is 2.63. The Morgan fingerprint density at radius 3 is 2.63 bits per heavy atom.